The molecular weight excluding hydrogens is 288 g/mol. The van der Waals surface area contributed by atoms with Crippen molar-refractivity contribution in [1.29, 1.82) is 0 Å². The highest BCUT2D eigenvalue weighted by atomic mass is 16.5. The summed E-state index contributed by atoms with van der Waals surface area (Å²) < 4.78 is 20.7. The van der Waals surface area contributed by atoms with Crippen LogP contribution in [0.4, 0.5) is 0 Å². The number of hydrogen-bond acceptors (Lipinski definition) is 6. The zero-order valence-electron chi connectivity index (χ0n) is 13.5. The predicted molar refractivity (Wildman–Crippen MR) is 81.7 cm³/mol. The van der Waals surface area contributed by atoms with E-state index in [2.05, 4.69) is 0 Å². The molecule has 0 fully saturated rings. The van der Waals surface area contributed by atoms with Crippen molar-refractivity contribution in [2.45, 2.75) is 32.3 Å². The first-order chi connectivity index (χ1) is 10.6. The normalized spacial score (nSPS) is 11.7. The van der Waals surface area contributed by atoms with Gasteiger partial charge in [0.25, 0.3) is 0 Å². The first-order valence-electron chi connectivity index (χ1n) is 7.18. The quantitative estimate of drug-likeness (QED) is 0.703. The predicted octanol–water partition coefficient (Wildman–Crippen LogP) is 1.96. The molecule has 1 aromatic carbocycles. The maximum Gasteiger partial charge on any atom is 0.308 e. The number of carbonyl (C=O) groups excluding carboxylic acids is 1. The molecule has 0 saturated heterocycles. The third-order valence-electron chi connectivity index (χ3n) is 3.24. The van der Waals surface area contributed by atoms with Crippen molar-refractivity contribution >= 4 is 5.97 Å². The van der Waals surface area contributed by atoms with Gasteiger partial charge in [-0.1, -0.05) is 6.07 Å². The van der Waals surface area contributed by atoms with Gasteiger partial charge < -0.3 is 24.1 Å². The van der Waals surface area contributed by atoms with Crippen molar-refractivity contribution < 1.29 is 28.8 Å². The smallest absolute Gasteiger partial charge is 0.308 e. The van der Waals surface area contributed by atoms with E-state index in [0.29, 0.717) is 36.7 Å². The van der Waals surface area contributed by atoms with E-state index in [1.54, 1.807) is 34.3 Å². The number of rotatable bonds is 9. The Morgan fingerprint density at radius 3 is 2.36 bits per heavy atom. The molecule has 22 heavy (non-hydrogen) atoms. The molecule has 6 nitrogen and oxygen atoms in total. The minimum Gasteiger partial charge on any atom is -0.493 e. The van der Waals surface area contributed by atoms with Crippen molar-refractivity contribution in [3.05, 3.63) is 17.7 Å². The minimum absolute atomic E-state index is 0.0105. The van der Waals surface area contributed by atoms with Crippen LogP contribution in [0.3, 0.4) is 0 Å². The van der Waals surface area contributed by atoms with Crippen LogP contribution in [-0.2, 0) is 16.0 Å². The second-order valence-corrected chi connectivity index (χ2v) is 4.70. The van der Waals surface area contributed by atoms with Gasteiger partial charge >= 0.3 is 5.97 Å². The molecule has 0 radical (unpaired) electrons. The molecule has 1 atom stereocenters. The van der Waals surface area contributed by atoms with Gasteiger partial charge in [-0.15, -0.1) is 0 Å². The third-order valence-corrected chi connectivity index (χ3v) is 3.24. The van der Waals surface area contributed by atoms with Crippen LogP contribution >= 0.6 is 0 Å². The molecular formula is C16H24O6. The van der Waals surface area contributed by atoms with Crippen LogP contribution in [0.5, 0.6) is 17.2 Å². The highest BCUT2D eigenvalue weighted by molar-refractivity contribution is 5.69. The van der Waals surface area contributed by atoms with E-state index < -0.39 is 12.1 Å². The molecule has 0 bridgehead atoms. The summed E-state index contributed by atoms with van der Waals surface area (Å²) in [5.41, 5.74) is 0.878. The van der Waals surface area contributed by atoms with E-state index in [0.717, 1.165) is 5.56 Å². The molecule has 0 unspecified atom stereocenters. The molecule has 0 saturated carbocycles. The molecule has 6 heteroatoms. The van der Waals surface area contributed by atoms with Crippen LogP contribution < -0.4 is 14.2 Å². The highest BCUT2D eigenvalue weighted by Gasteiger charge is 2.17. The Balaban J connectivity index is 2.75. The van der Waals surface area contributed by atoms with Crippen molar-refractivity contribution in [3.63, 3.8) is 0 Å². The van der Waals surface area contributed by atoms with E-state index in [1.165, 1.54) is 0 Å². The number of aryl methyl sites for hydroxylation is 1. The molecule has 0 aliphatic rings. The number of esters is 1. The van der Waals surface area contributed by atoms with E-state index >= 15 is 0 Å². The number of aliphatic hydroxyl groups excluding tert-OH is 1. The first-order valence-corrected chi connectivity index (χ1v) is 7.18. The van der Waals surface area contributed by atoms with Crippen LogP contribution in [0.2, 0.25) is 0 Å². The Kier molecular flexibility index (Phi) is 7.52. The summed E-state index contributed by atoms with van der Waals surface area (Å²) in [7, 11) is 4.65. The zero-order chi connectivity index (χ0) is 16.5. The summed E-state index contributed by atoms with van der Waals surface area (Å²) in [6.07, 6.45) is 0.204. The lowest BCUT2D eigenvalue weighted by molar-refractivity contribution is -0.145. The summed E-state index contributed by atoms with van der Waals surface area (Å²) >= 11 is 0. The van der Waals surface area contributed by atoms with Crippen molar-refractivity contribution in [2.75, 3.05) is 27.9 Å². The summed E-state index contributed by atoms with van der Waals surface area (Å²) in [5, 5.41) is 9.90. The van der Waals surface area contributed by atoms with Gasteiger partial charge in [0, 0.05) is 0 Å². The molecule has 0 aromatic heterocycles. The van der Waals surface area contributed by atoms with Crippen molar-refractivity contribution in [3.8, 4) is 17.2 Å². The zero-order valence-corrected chi connectivity index (χ0v) is 13.5. The minimum atomic E-state index is -0.753. The largest absolute Gasteiger partial charge is 0.493 e. The molecule has 0 amide bonds. The van der Waals surface area contributed by atoms with Gasteiger partial charge in [-0.3, -0.25) is 4.79 Å². The number of hydrogen-bond donors (Lipinski definition) is 1. The maximum atomic E-state index is 11.3. The maximum absolute atomic E-state index is 11.3. The second kappa shape index (κ2) is 9.15. The Hall–Kier alpha value is -1.95. The summed E-state index contributed by atoms with van der Waals surface area (Å²) in [6, 6.07) is 3.64. The highest BCUT2D eigenvalue weighted by Crippen LogP contribution is 2.40. The van der Waals surface area contributed by atoms with Crippen LogP contribution in [-0.4, -0.2) is 45.1 Å². The van der Waals surface area contributed by atoms with E-state index in [1.807, 2.05) is 6.07 Å². The Morgan fingerprint density at radius 2 is 1.82 bits per heavy atom. The molecule has 0 heterocycles. The molecule has 1 N–H and O–H groups in total. The monoisotopic (exact) mass is 312 g/mol. The third kappa shape index (κ3) is 4.80. The lowest BCUT2D eigenvalue weighted by Crippen LogP contribution is -2.16. The Morgan fingerprint density at radius 1 is 1.14 bits per heavy atom. The average molecular weight is 312 g/mol. The number of methoxy groups -OCH3 is 3. The number of ether oxygens (including phenoxy) is 4. The van der Waals surface area contributed by atoms with E-state index in [4.69, 9.17) is 18.9 Å². The lowest BCUT2D eigenvalue weighted by Gasteiger charge is -2.16. The lowest BCUT2D eigenvalue weighted by atomic mass is 10.0. The van der Waals surface area contributed by atoms with Gasteiger partial charge in [-0.05, 0) is 31.4 Å². The van der Waals surface area contributed by atoms with E-state index in [-0.39, 0.29) is 6.42 Å². The fraction of sp³-hybridized carbons (Fsp3) is 0.562. The van der Waals surface area contributed by atoms with Gasteiger partial charge in [0.05, 0.1) is 40.5 Å². The summed E-state index contributed by atoms with van der Waals surface area (Å²) in [5.74, 6) is 1.28. The standard InChI is InChI=1S/C16H24O6/c1-5-22-14(18)10-12(17)8-6-11-7-9-13(19-2)16(21-4)15(11)20-3/h7,9,12,17H,5-6,8,10H2,1-4H3/t12-/m0/s1. The molecule has 124 valence electrons. The molecule has 1 rings (SSSR count). The average Bonchev–Trinajstić information content (AvgIpc) is 2.51. The fourth-order valence-electron chi connectivity index (χ4n) is 2.20. The number of benzene rings is 1. The SMILES string of the molecule is CCOC(=O)C[C@@H](O)CCc1ccc(OC)c(OC)c1OC. The molecule has 0 aliphatic carbocycles. The number of aliphatic hydroxyl groups is 1. The Labute approximate surface area is 130 Å². The molecule has 0 aliphatic heterocycles. The summed E-state index contributed by atoms with van der Waals surface area (Å²) in [6.45, 7) is 2.05. The van der Waals surface area contributed by atoms with E-state index in [9.17, 15) is 9.90 Å². The molecule has 0 spiro atoms. The van der Waals surface area contributed by atoms with Crippen LogP contribution in [0.25, 0.3) is 0 Å². The Bertz CT molecular complexity index is 486. The van der Waals surface area contributed by atoms with Gasteiger partial charge in [0.15, 0.2) is 11.5 Å². The number of carbonyl (C=O) groups is 1. The van der Waals surface area contributed by atoms with Crippen molar-refractivity contribution in [2.24, 2.45) is 0 Å². The van der Waals surface area contributed by atoms with Gasteiger partial charge in [-0.25, -0.2) is 0 Å². The van der Waals surface area contributed by atoms with Crippen LogP contribution in [0, 0.1) is 0 Å². The van der Waals surface area contributed by atoms with Gasteiger partial charge in [0.1, 0.15) is 0 Å². The topological polar surface area (TPSA) is 74.2 Å². The van der Waals surface area contributed by atoms with Gasteiger partial charge in [-0.2, -0.15) is 0 Å². The second-order valence-electron chi connectivity index (χ2n) is 4.70. The fourth-order valence-corrected chi connectivity index (χ4v) is 2.20. The van der Waals surface area contributed by atoms with Crippen LogP contribution in [0.15, 0.2) is 12.1 Å². The molecule has 1 aromatic rings. The van der Waals surface area contributed by atoms with Crippen molar-refractivity contribution in [1.82, 2.24) is 0 Å². The first kappa shape index (κ1) is 18.1. The van der Waals surface area contributed by atoms with Gasteiger partial charge in [0.2, 0.25) is 5.75 Å². The summed E-state index contributed by atoms with van der Waals surface area (Å²) in [4.78, 5) is 11.3. The van der Waals surface area contributed by atoms with Crippen LogP contribution in [0.1, 0.15) is 25.3 Å².